The molecule has 0 saturated heterocycles. The van der Waals surface area contributed by atoms with Gasteiger partial charge in [-0.1, -0.05) is 19.8 Å². The zero-order valence-electron chi connectivity index (χ0n) is 12.8. The smallest absolute Gasteiger partial charge is 0.143 e. The number of ether oxygens (including phenoxy) is 1. The highest BCUT2D eigenvalue weighted by Crippen LogP contribution is 2.31. The third-order valence-corrected chi connectivity index (χ3v) is 6.04. The molecule has 1 N–H and O–H groups in total. The summed E-state index contributed by atoms with van der Waals surface area (Å²) >= 11 is 4.32. The van der Waals surface area contributed by atoms with Gasteiger partial charge in [0.25, 0.3) is 0 Å². The molecule has 0 atom stereocenters. The van der Waals surface area contributed by atoms with Gasteiger partial charge in [-0.25, -0.2) is 9.97 Å². The Kier molecular flexibility index (Phi) is 7.53. The molecule has 6 heteroatoms. The van der Waals surface area contributed by atoms with Gasteiger partial charge in [0.15, 0.2) is 0 Å². The molecule has 1 heterocycles. The molecule has 0 aliphatic heterocycles. The van der Waals surface area contributed by atoms with Crippen LogP contribution in [0.3, 0.4) is 0 Å². The summed E-state index contributed by atoms with van der Waals surface area (Å²) in [5.74, 6) is 2.79. The minimum absolute atomic E-state index is 0.544. The van der Waals surface area contributed by atoms with E-state index in [9.17, 15) is 0 Å². The highest BCUT2D eigenvalue weighted by Gasteiger charge is 2.17. The van der Waals surface area contributed by atoms with Gasteiger partial charge in [0.2, 0.25) is 0 Å². The van der Waals surface area contributed by atoms with Crippen molar-refractivity contribution in [3.63, 3.8) is 0 Å². The summed E-state index contributed by atoms with van der Waals surface area (Å²) in [5.41, 5.74) is 0.994. The number of rotatable bonds is 8. The van der Waals surface area contributed by atoms with Crippen LogP contribution in [0.2, 0.25) is 0 Å². The molecule has 21 heavy (non-hydrogen) atoms. The predicted molar refractivity (Wildman–Crippen MR) is 97.8 cm³/mol. The number of hydrogen-bond acceptors (Lipinski definition) is 5. The molecular formula is C15H24IN3OS. The number of thioether (sulfide) groups is 1. The zero-order valence-corrected chi connectivity index (χ0v) is 15.8. The van der Waals surface area contributed by atoms with Gasteiger partial charge in [-0.3, -0.25) is 0 Å². The van der Waals surface area contributed by atoms with Crippen LogP contribution >= 0.6 is 34.4 Å². The molecule has 1 fully saturated rings. The van der Waals surface area contributed by atoms with Crippen molar-refractivity contribution in [2.45, 2.75) is 56.6 Å². The summed E-state index contributed by atoms with van der Waals surface area (Å²) in [4.78, 5) is 9.39. The third kappa shape index (κ3) is 5.25. The van der Waals surface area contributed by atoms with Gasteiger partial charge in [0.1, 0.15) is 11.6 Å². The molecule has 0 spiro atoms. The first-order chi connectivity index (χ1) is 10.2. The van der Waals surface area contributed by atoms with Crippen LogP contribution < -0.4 is 5.32 Å². The first-order valence-corrected chi connectivity index (χ1v) is 9.77. The van der Waals surface area contributed by atoms with E-state index in [1.54, 1.807) is 7.11 Å². The SMILES string of the molecule is CCCNc1nc(CSC2CCCC2)nc(COC)c1I. The number of hydrogen-bond donors (Lipinski definition) is 1. The van der Waals surface area contributed by atoms with E-state index in [4.69, 9.17) is 9.72 Å². The van der Waals surface area contributed by atoms with Gasteiger partial charge in [0.05, 0.1) is 21.6 Å². The average Bonchev–Trinajstić information content (AvgIpc) is 3.00. The lowest BCUT2D eigenvalue weighted by Gasteiger charge is -2.13. The fourth-order valence-corrected chi connectivity index (χ4v) is 4.22. The number of nitrogens with zero attached hydrogens (tertiary/aromatic N) is 2. The first kappa shape index (κ1) is 17.3. The maximum Gasteiger partial charge on any atom is 0.143 e. The van der Waals surface area contributed by atoms with Gasteiger partial charge in [-0.15, -0.1) is 0 Å². The standard InChI is InChI=1S/C15H24IN3OS/c1-3-8-17-15-14(16)12(9-20-2)18-13(19-15)10-21-11-6-4-5-7-11/h11H,3-10H2,1-2H3,(H,17,18,19). The van der Waals surface area contributed by atoms with E-state index < -0.39 is 0 Å². The molecular weight excluding hydrogens is 397 g/mol. The van der Waals surface area contributed by atoms with E-state index in [1.807, 2.05) is 11.8 Å². The lowest BCUT2D eigenvalue weighted by molar-refractivity contribution is 0.180. The van der Waals surface area contributed by atoms with Gasteiger partial charge >= 0.3 is 0 Å². The molecule has 0 amide bonds. The minimum Gasteiger partial charge on any atom is -0.378 e. The van der Waals surface area contributed by atoms with E-state index in [0.29, 0.717) is 6.61 Å². The molecule has 1 aromatic heterocycles. The predicted octanol–water partition coefficient (Wildman–Crippen LogP) is 4.23. The molecule has 118 valence electrons. The number of anilines is 1. The van der Waals surface area contributed by atoms with Crippen LogP contribution in [-0.2, 0) is 17.1 Å². The van der Waals surface area contributed by atoms with Gasteiger partial charge in [0, 0.05) is 18.9 Å². The summed E-state index contributed by atoms with van der Waals surface area (Å²) < 4.78 is 6.35. The summed E-state index contributed by atoms with van der Waals surface area (Å²) in [6, 6.07) is 0. The van der Waals surface area contributed by atoms with Crippen LogP contribution in [0.1, 0.15) is 50.5 Å². The van der Waals surface area contributed by atoms with Gasteiger partial charge in [-0.05, 0) is 41.9 Å². The molecule has 0 unspecified atom stereocenters. The Bertz CT molecular complexity index is 453. The largest absolute Gasteiger partial charge is 0.378 e. The lowest BCUT2D eigenvalue weighted by atomic mass is 10.3. The Hall–Kier alpha value is -0.0800. The van der Waals surface area contributed by atoms with Crippen LogP contribution in [0.25, 0.3) is 0 Å². The van der Waals surface area contributed by atoms with Crippen molar-refractivity contribution in [3.8, 4) is 0 Å². The molecule has 0 radical (unpaired) electrons. The van der Waals surface area contributed by atoms with Crippen molar-refractivity contribution in [1.82, 2.24) is 9.97 Å². The molecule has 4 nitrogen and oxygen atoms in total. The van der Waals surface area contributed by atoms with E-state index >= 15 is 0 Å². The Labute approximate surface area is 145 Å². The van der Waals surface area contributed by atoms with Crippen molar-refractivity contribution in [2.24, 2.45) is 0 Å². The summed E-state index contributed by atoms with van der Waals surface area (Å²) in [7, 11) is 1.71. The van der Waals surface area contributed by atoms with Crippen LogP contribution in [0.5, 0.6) is 0 Å². The second-order valence-corrected chi connectivity index (χ2v) is 7.69. The normalized spacial score (nSPS) is 15.6. The molecule has 0 aromatic carbocycles. The summed E-state index contributed by atoms with van der Waals surface area (Å²) in [6.45, 7) is 3.64. The van der Waals surface area contributed by atoms with Crippen LogP contribution in [0, 0.1) is 3.57 Å². The highest BCUT2D eigenvalue weighted by atomic mass is 127. The maximum absolute atomic E-state index is 5.27. The topological polar surface area (TPSA) is 47.0 Å². The lowest BCUT2D eigenvalue weighted by Crippen LogP contribution is -2.11. The van der Waals surface area contributed by atoms with Crippen molar-refractivity contribution in [2.75, 3.05) is 19.0 Å². The van der Waals surface area contributed by atoms with E-state index in [2.05, 4.69) is 39.8 Å². The maximum atomic E-state index is 5.27. The molecule has 1 aromatic rings. The molecule has 1 aliphatic carbocycles. The quantitative estimate of drug-likeness (QED) is 0.637. The second kappa shape index (κ2) is 9.15. The zero-order chi connectivity index (χ0) is 15.1. The van der Waals surface area contributed by atoms with Crippen LogP contribution in [0.15, 0.2) is 0 Å². The Morgan fingerprint density at radius 2 is 2.10 bits per heavy atom. The van der Waals surface area contributed by atoms with E-state index in [-0.39, 0.29) is 0 Å². The fraction of sp³-hybridized carbons (Fsp3) is 0.733. The molecule has 2 rings (SSSR count). The van der Waals surface area contributed by atoms with Crippen molar-refractivity contribution in [1.29, 1.82) is 0 Å². The highest BCUT2D eigenvalue weighted by molar-refractivity contribution is 14.1. The van der Waals surface area contributed by atoms with Crippen molar-refractivity contribution in [3.05, 3.63) is 15.1 Å². The molecule has 0 bridgehead atoms. The van der Waals surface area contributed by atoms with Gasteiger partial charge in [-0.2, -0.15) is 11.8 Å². The van der Waals surface area contributed by atoms with Gasteiger partial charge < -0.3 is 10.1 Å². The Balaban J connectivity index is 2.08. The Morgan fingerprint density at radius 1 is 1.33 bits per heavy atom. The van der Waals surface area contributed by atoms with E-state index in [1.165, 1.54) is 25.7 Å². The number of nitrogens with one attached hydrogen (secondary N) is 1. The second-order valence-electron chi connectivity index (χ2n) is 5.33. The van der Waals surface area contributed by atoms with Crippen LogP contribution in [-0.4, -0.2) is 28.9 Å². The molecule has 1 aliphatic rings. The number of halogens is 1. The van der Waals surface area contributed by atoms with Crippen molar-refractivity contribution >= 4 is 40.2 Å². The van der Waals surface area contributed by atoms with Crippen molar-refractivity contribution < 1.29 is 4.74 Å². The first-order valence-electron chi connectivity index (χ1n) is 7.64. The fourth-order valence-electron chi connectivity index (χ4n) is 2.45. The third-order valence-electron chi connectivity index (χ3n) is 3.54. The molecule has 1 saturated carbocycles. The van der Waals surface area contributed by atoms with Crippen LogP contribution in [0.4, 0.5) is 5.82 Å². The summed E-state index contributed by atoms with van der Waals surface area (Å²) in [5, 5.41) is 4.20. The minimum atomic E-state index is 0.544. The number of aromatic nitrogens is 2. The Morgan fingerprint density at radius 3 is 2.76 bits per heavy atom. The number of methoxy groups -OCH3 is 1. The summed E-state index contributed by atoms with van der Waals surface area (Å²) in [6.07, 6.45) is 6.54. The monoisotopic (exact) mass is 421 g/mol. The van der Waals surface area contributed by atoms with E-state index in [0.717, 1.165) is 44.9 Å². The average molecular weight is 421 g/mol.